The van der Waals surface area contributed by atoms with E-state index in [4.69, 9.17) is 16.7 Å². The lowest BCUT2D eigenvalue weighted by Crippen LogP contribution is -2.48. The van der Waals surface area contributed by atoms with Crippen LogP contribution >= 0.6 is 11.6 Å². The van der Waals surface area contributed by atoms with Crippen LogP contribution in [0, 0.1) is 5.92 Å². The quantitative estimate of drug-likeness (QED) is 0.888. The fraction of sp³-hybridized carbons (Fsp3) is 0.429. The Labute approximate surface area is 122 Å². The van der Waals surface area contributed by atoms with E-state index in [0.29, 0.717) is 10.7 Å². The first-order valence-corrected chi connectivity index (χ1v) is 6.89. The van der Waals surface area contributed by atoms with Crippen molar-refractivity contribution < 1.29 is 14.7 Å². The zero-order valence-electron chi connectivity index (χ0n) is 11.2. The molecule has 2 N–H and O–H groups in total. The summed E-state index contributed by atoms with van der Waals surface area (Å²) in [5.41, 5.74) is 0.544. The van der Waals surface area contributed by atoms with Gasteiger partial charge in [-0.25, -0.2) is 0 Å². The standard InChI is InChI=1S/C14H17ClN2O3/c1-9-6-7-16-13(9)14(20)17(8-12(18)19)11-4-2-10(15)3-5-11/h2-5,9,13,16H,6-8H2,1H3,(H,18,19). The van der Waals surface area contributed by atoms with Crippen LogP contribution in [0.15, 0.2) is 24.3 Å². The minimum atomic E-state index is -1.04. The van der Waals surface area contributed by atoms with Gasteiger partial charge < -0.3 is 10.4 Å². The number of aliphatic carboxylic acids is 1. The van der Waals surface area contributed by atoms with E-state index in [-0.39, 0.29) is 24.4 Å². The van der Waals surface area contributed by atoms with Crippen molar-refractivity contribution >= 4 is 29.2 Å². The van der Waals surface area contributed by atoms with E-state index in [9.17, 15) is 9.59 Å². The lowest BCUT2D eigenvalue weighted by atomic mass is 10.0. The Hall–Kier alpha value is -1.59. The van der Waals surface area contributed by atoms with Gasteiger partial charge in [0.15, 0.2) is 0 Å². The topological polar surface area (TPSA) is 69.6 Å². The second kappa shape index (κ2) is 6.24. The van der Waals surface area contributed by atoms with Crippen molar-refractivity contribution in [2.24, 2.45) is 5.92 Å². The number of nitrogens with one attached hydrogen (secondary N) is 1. The molecule has 5 nitrogen and oxygen atoms in total. The van der Waals surface area contributed by atoms with Gasteiger partial charge in [0, 0.05) is 10.7 Å². The molecule has 1 aromatic rings. The van der Waals surface area contributed by atoms with Gasteiger partial charge in [-0.15, -0.1) is 0 Å². The molecule has 2 atom stereocenters. The molecule has 1 fully saturated rings. The molecule has 108 valence electrons. The molecule has 1 aliphatic rings. The summed E-state index contributed by atoms with van der Waals surface area (Å²) < 4.78 is 0. The summed E-state index contributed by atoms with van der Waals surface area (Å²) in [7, 11) is 0. The van der Waals surface area contributed by atoms with Crippen LogP contribution in [-0.2, 0) is 9.59 Å². The first-order chi connectivity index (χ1) is 9.49. The van der Waals surface area contributed by atoms with Gasteiger partial charge in [-0.3, -0.25) is 14.5 Å². The summed E-state index contributed by atoms with van der Waals surface area (Å²) in [6.07, 6.45) is 0.915. The molecular weight excluding hydrogens is 280 g/mol. The van der Waals surface area contributed by atoms with Gasteiger partial charge in [0.2, 0.25) is 5.91 Å². The number of anilines is 1. The molecule has 0 aromatic heterocycles. The minimum Gasteiger partial charge on any atom is -0.480 e. The van der Waals surface area contributed by atoms with Crippen LogP contribution in [0.2, 0.25) is 5.02 Å². The van der Waals surface area contributed by atoms with Crippen molar-refractivity contribution in [1.82, 2.24) is 5.32 Å². The fourth-order valence-electron chi connectivity index (χ4n) is 2.39. The average molecular weight is 297 g/mol. The number of carboxylic acids is 1. The maximum atomic E-state index is 12.5. The molecule has 1 saturated heterocycles. The average Bonchev–Trinajstić information content (AvgIpc) is 2.82. The van der Waals surface area contributed by atoms with Gasteiger partial charge in [-0.1, -0.05) is 18.5 Å². The molecule has 2 unspecified atom stereocenters. The number of halogens is 1. The van der Waals surface area contributed by atoms with Crippen LogP contribution in [0.25, 0.3) is 0 Å². The Morgan fingerprint density at radius 2 is 2.05 bits per heavy atom. The fourth-order valence-corrected chi connectivity index (χ4v) is 2.51. The van der Waals surface area contributed by atoms with E-state index in [0.717, 1.165) is 13.0 Å². The van der Waals surface area contributed by atoms with Crippen LogP contribution in [0.4, 0.5) is 5.69 Å². The first kappa shape index (κ1) is 14.8. The van der Waals surface area contributed by atoms with Gasteiger partial charge in [0.1, 0.15) is 6.54 Å². The number of nitrogens with zero attached hydrogens (tertiary/aromatic N) is 1. The number of hydrogen-bond donors (Lipinski definition) is 2. The highest BCUT2D eigenvalue weighted by Gasteiger charge is 2.33. The largest absolute Gasteiger partial charge is 0.480 e. The lowest BCUT2D eigenvalue weighted by molar-refractivity contribution is -0.137. The third-order valence-corrected chi connectivity index (χ3v) is 3.75. The number of amides is 1. The highest BCUT2D eigenvalue weighted by molar-refractivity contribution is 6.30. The van der Waals surface area contributed by atoms with E-state index < -0.39 is 5.97 Å². The molecule has 6 heteroatoms. The third-order valence-electron chi connectivity index (χ3n) is 3.50. The van der Waals surface area contributed by atoms with E-state index >= 15 is 0 Å². The van der Waals surface area contributed by atoms with Crippen molar-refractivity contribution in [1.29, 1.82) is 0 Å². The Bertz CT molecular complexity index is 504. The van der Waals surface area contributed by atoms with Crippen LogP contribution in [0.5, 0.6) is 0 Å². The maximum absolute atomic E-state index is 12.5. The number of carbonyl (C=O) groups is 2. The van der Waals surface area contributed by atoms with E-state index in [1.807, 2.05) is 6.92 Å². The lowest BCUT2D eigenvalue weighted by Gasteiger charge is -2.26. The highest BCUT2D eigenvalue weighted by atomic mass is 35.5. The Morgan fingerprint density at radius 3 is 2.55 bits per heavy atom. The maximum Gasteiger partial charge on any atom is 0.323 e. The third kappa shape index (κ3) is 3.29. The highest BCUT2D eigenvalue weighted by Crippen LogP contribution is 2.22. The first-order valence-electron chi connectivity index (χ1n) is 6.51. The van der Waals surface area contributed by atoms with Crippen LogP contribution in [0.3, 0.4) is 0 Å². The molecule has 1 amide bonds. The van der Waals surface area contributed by atoms with Crippen molar-refractivity contribution in [3.63, 3.8) is 0 Å². The number of benzene rings is 1. The van der Waals surface area contributed by atoms with Gasteiger partial charge in [0.25, 0.3) is 0 Å². The smallest absolute Gasteiger partial charge is 0.323 e. The zero-order chi connectivity index (χ0) is 14.7. The SMILES string of the molecule is CC1CCNC1C(=O)N(CC(=O)O)c1ccc(Cl)cc1. The molecule has 1 aliphatic heterocycles. The number of rotatable bonds is 4. The number of carbonyl (C=O) groups excluding carboxylic acids is 1. The van der Waals surface area contributed by atoms with Crippen LogP contribution in [-0.4, -0.2) is 36.1 Å². The van der Waals surface area contributed by atoms with Crippen molar-refractivity contribution in [2.45, 2.75) is 19.4 Å². The normalized spacial score (nSPS) is 21.7. The number of carboxylic acid groups (broad SMARTS) is 1. The monoisotopic (exact) mass is 296 g/mol. The predicted octanol–water partition coefficient (Wildman–Crippen LogP) is 1.76. The molecule has 0 bridgehead atoms. The Balaban J connectivity index is 2.24. The second-order valence-corrected chi connectivity index (χ2v) is 5.43. The van der Waals surface area contributed by atoms with Gasteiger partial charge in [-0.2, -0.15) is 0 Å². The van der Waals surface area contributed by atoms with Crippen molar-refractivity contribution in [2.75, 3.05) is 18.0 Å². The van der Waals surface area contributed by atoms with Crippen molar-refractivity contribution in [3.05, 3.63) is 29.3 Å². The summed E-state index contributed by atoms with van der Waals surface area (Å²) >= 11 is 5.82. The summed E-state index contributed by atoms with van der Waals surface area (Å²) in [6, 6.07) is 6.27. The Morgan fingerprint density at radius 1 is 1.40 bits per heavy atom. The summed E-state index contributed by atoms with van der Waals surface area (Å²) in [5, 5.41) is 12.7. The summed E-state index contributed by atoms with van der Waals surface area (Å²) in [5.74, 6) is -1.05. The van der Waals surface area contributed by atoms with Crippen LogP contribution < -0.4 is 10.2 Å². The molecule has 0 radical (unpaired) electrons. The van der Waals surface area contributed by atoms with Crippen LogP contribution in [0.1, 0.15) is 13.3 Å². The predicted molar refractivity (Wildman–Crippen MR) is 77.0 cm³/mol. The molecule has 0 saturated carbocycles. The van der Waals surface area contributed by atoms with Gasteiger partial charge >= 0.3 is 5.97 Å². The van der Waals surface area contributed by atoms with E-state index in [2.05, 4.69) is 5.32 Å². The number of hydrogen-bond acceptors (Lipinski definition) is 3. The molecular formula is C14H17ClN2O3. The van der Waals surface area contributed by atoms with Gasteiger partial charge in [0.05, 0.1) is 6.04 Å². The molecule has 1 heterocycles. The molecule has 0 spiro atoms. The summed E-state index contributed by atoms with van der Waals surface area (Å²) in [6.45, 7) is 2.41. The van der Waals surface area contributed by atoms with E-state index in [1.165, 1.54) is 4.90 Å². The van der Waals surface area contributed by atoms with E-state index in [1.54, 1.807) is 24.3 Å². The molecule has 20 heavy (non-hydrogen) atoms. The molecule has 1 aromatic carbocycles. The Kier molecular flexibility index (Phi) is 4.62. The van der Waals surface area contributed by atoms with Crippen molar-refractivity contribution in [3.8, 4) is 0 Å². The zero-order valence-corrected chi connectivity index (χ0v) is 11.9. The molecule has 2 rings (SSSR count). The summed E-state index contributed by atoms with van der Waals surface area (Å²) in [4.78, 5) is 24.8. The second-order valence-electron chi connectivity index (χ2n) is 4.99. The molecule has 0 aliphatic carbocycles. The minimum absolute atomic E-state index is 0.200. The van der Waals surface area contributed by atoms with Gasteiger partial charge in [-0.05, 0) is 43.1 Å².